The Balaban J connectivity index is 1.25. The lowest BCUT2D eigenvalue weighted by Gasteiger charge is -2.25. The minimum absolute atomic E-state index is 0.0645. The summed E-state index contributed by atoms with van der Waals surface area (Å²) in [6.45, 7) is 3.95. The van der Waals surface area contributed by atoms with Crippen LogP contribution in [0.3, 0.4) is 0 Å². The van der Waals surface area contributed by atoms with Gasteiger partial charge in [0.25, 0.3) is 11.4 Å². The molecule has 4 aromatic carbocycles. The quantitative estimate of drug-likeness (QED) is 0.0449. The number of aromatic carboxylic acids is 2. The number of nitro benzene ring substituents is 2. The topological polar surface area (TPSA) is 224 Å². The van der Waals surface area contributed by atoms with E-state index < -0.39 is 50.0 Å². The zero-order valence-corrected chi connectivity index (χ0v) is 25.9. The summed E-state index contributed by atoms with van der Waals surface area (Å²) in [5.41, 5.74) is -2.20. The first-order valence-electron chi connectivity index (χ1n) is 14.2. The molecule has 254 valence electrons. The van der Waals surface area contributed by atoms with E-state index in [1.54, 1.807) is 24.3 Å². The molecule has 0 heterocycles. The standard InChI is InChI=1S/C33H28N2O14/c1-33(2,18-45-23-5-9-25(10-6-23)48-32(40)29-16-22(35(43)44)4-14-28(29)31(38)39)19-46-24-7-11-26(12-8-24)49-47-17-20-15-21(34(41)42)3-13-27(20)30(36)37/h3-16H,17-19H2,1-2H3,(H,36,37)(H,38,39). The third kappa shape index (κ3) is 9.72. The number of non-ortho nitro benzene ring substituents is 2. The lowest BCUT2D eigenvalue weighted by atomic mass is 9.96. The summed E-state index contributed by atoms with van der Waals surface area (Å²) < 4.78 is 17.0. The number of hydrogen-bond donors (Lipinski definition) is 2. The molecule has 0 saturated heterocycles. The highest BCUT2D eigenvalue weighted by atomic mass is 17.2. The summed E-state index contributed by atoms with van der Waals surface area (Å²) in [5.74, 6) is -2.49. The number of benzene rings is 4. The second-order valence-electron chi connectivity index (χ2n) is 11.1. The molecule has 0 aliphatic rings. The Labute approximate surface area is 277 Å². The second-order valence-corrected chi connectivity index (χ2v) is 11.1. The van der Waals surface area contributed by atoms with Crippen LogP contribution in [0.1, 0.15) is 50.5 Å². The number of hydrogen-bond acceptors (Lipinski definition) is 12. The monoisotopic (exact) mass is 676 g/mol. The normalized spacial score (nSPS) is 10.9. The molecule has 0 amide bonds. The van der Waals surface area contributed by atoms with Crippen LogP contribution >= 0.6 is 0 Å². The molecule has 4 rings (SSSR count). The van der Waals surface area contributed by atoms with Crippen LogP contribution in [0.15, 0.2) is 84.9 Å². The van der Waals surface area contributed by atoms with Gasteiger partial charge in [0.05, 0.1) is 39.8 Å². The van der Waals surface area contributed by atoms with Crippen molar-refractivity contribution in [2.45, 2.75) is 20.5 Å². The fourth-order valence-electron chi connectivity index (χ4n) is 4.14. The smallest absolute Gasteiger partial charge is 0.344 e. The van der Waals surface area contributed by atoms with E-state index in [9.17, 15) is 44.8 Å². The van der Waals surface area contributed by atoms with Crippen molar-refractivity contribution in [3.63, 3.8) is 0 Å². The second kappa shape index (κ2) is 15.4. The maximum atomic E-state index is 12.6. The van der Waals surface area contributed by atoms with Crippen LogP contribution in [0.5, 0.6) is 23.0 Å². The van der Waals surface area contributed by atoms with E-state index in [1.807, 2.05) is 13.8 Å². The molecule has 4 aromatic rings. The number of ether oxygens (including phenoxy) is 3. The van der Waals surface area contributed by atoms with Gasteiger partial charge in [0.1, 0.15) is 23.9 Å². The van der Waals surface area contributed by atoms with E-state index in [4.69, 9.17) is 24.0 Å². The van der Waals surface area contributed by atoms with Crippen LogP contribution in [-0.2, 0) is 11.5 Å². The molecule has 0 aromatic heterocycles. The van der Waals surface area contributed by atoms with Crippen molar-refractivity contribution in [3.05, 3.63) is 127 Å². The van der Waals surface area contributed by atoms with Gasteiger partial charge in [0.2, 0.25) is 0 Å². The van der Waals surface area contributed by atoms with Gasteiger partial charge in [0.15, 0.2) is 5.75 Å². The Bertz CT molecular complexity index is 1870. The zero-order chi connectivity index (χ0) is 35.7. The summed E-state index contributed by atoms with van der Waals surface area (Å²) >= 11 is 0. The number of nitrogens with zero attached hydrogens (tertiary/aromatic N) is 2. The fourth-order valence-corrected chi connectivity index (χ4v) is 4.14. The Kier molecular flexibility index (Phi) is 11.1. The molecule has 2 N–H and O–H groups in total. The molecule has 0 atom stereocenters. The van der Waals surface area contributed by atoms with Gasteiger partial charge in [-0.15, -0.1) is 0 Å². The first-order chi connectivity index (χ1) is 23.2. The van der Waals surface area contributed by atoms with Gasteiger partial charge in [-0.1, -0.05) is 13.8 Å². The lowest BCUT2D eigenvalue weighted by molar-refractivity contribution is -0.385. The van der Waals surface area contributed by atoms with E-state index >= 15 is 0 Å². The Hall–Kier alpha value is -6.55. The molecule has 49 heavy (non-hydrogen) atoms. The maximum absolute atomic E-state index is 12.6. The number of carbonyl (C=O) groups excluding carboxylic acids is 1. The lowest BCUT2D eigenvalue weighted by Crippen LogP contribution is -2.28. The van der Waals surface area contributed by atoms with E-state index in [0.29, 0.717) is 11.5 Å². The minimum Gasteiger partial charge on any atom is -0.493 e. The van der Waals surface area contributed by atoms with E-state index in [0.717, 1.165) is 36.4 Å². The van der Waals surface area contributed by atoms with E-state index in [1.165, 1.54) is 24.3 Å². The SMILES string of the molecule is CC(C)(COc1ccc(OOCc2cc([N+](=O)[O-])ccc2C(=O)O)cc1)COc1ccc(OC(=O)c2cc([N+](=O)[O-])ccc2C(=O)O)cc1. The average molecular weight is 677 g/mol. The first kappa shape index (κ1) is 35.3. The highest BCUT2D eigenvalue weighted by Gasteiger charge is 2.23. The summed E-state index contributed by atoms with van der Waals surface area (Å²) in [6, 6.07) is 18.4. The molecule has 0 spiro atoms. The van der Waals surface area contributed by atoms with Gasteiger partial charge < -0.3 is 29.3 Å². The predicted octanol–water partition coefficient (Wildman–Crippen LogP) is 6.11. The summed E-state index contributed by atoms with van der Waals surface area (Å²) in [5, 5.41) is 40.8. The Morgan fingerprint density at radius 1 is 0.653 bits per heavy atom. The van der Waals surface area contributed by atoms with Crippen molar-refractivity contribution in [2.24, 2.45) is 5.41 Å². The van der Waals surface area contributed by atoms with Gasteiger partial charge in [0, 0.05) is 35.2 Å². The zero-order valence-electron chi connectivity index (χ0n) is 25.9. The molecule has 16 heteroatoms. The minimum atomic E-state index is -1.44. The number of rotatable bonds is 16. The summed E-state index contributed by atoms with van der Waals surface area (Å²) in [4.78, 5) is 66.5. The molecule has 0 bridgehead atoms. The molecule has 0 aliphatic heterocycles. The number of carboxylic acid groups (broad SMARTS) is 2. The number of carbonyl (C=O) groups is 3. The number of nitro groups is 2. The van der Waals surface area contributed by atoms with Crippen molar-refractivity contribution in [2.75, 3.05) is 13.2 Å². The molecule has 0 unspecified atom stereocenters. The van der Waals surface area contributed by atoms with Gasteiger partial charge in [-0.3, -0.25) is 20.2 Å². The molecular weight excluding hydrogens is 648 g/mol. The average Bonchev–Trinajstić information content (AvgIpc) is 3.07. The van der Waals surface area contributed by atoms with Gasteiger partial charge in [-0.2, -0.15) is 4.89 Å². The van der Waals surface area contributed by atoms with Crippen LogP contribution in [0.25, 0.3) is 0 Å². The maximum Gasteiger partial charge on any atom is 0.344 e. The highest BCUT2D eigenvalue weighted by molar-refractivity contribution is 6.03. The van der Waals surface area contributed by atoms with Crippen LogP contribution in [0.2, 0.25) is 0 Å². The Morgan fingerprint density at radius 2 is 1.12 bits per heavy atom. The van der Waals surface area contributed by atoms with Crippen LogP contribution in [0.4, 0.5) is 11.4 Å². The largest absolute Gasteiger partial charge is 0.493 e. The third-order valence-electron chi connectivity index (χ3n) is 6.68. The van der Waals surface area contributed by atoms with Crippen molar-refractivity contribution in [3.8, 4) is 23.0 Å². The van der Waals surface area contributed by atoms with Crippen molar-refractivity contribution in [1.29, 1.82) is 0 Å². The predicted molar refractivity (Wildman–Crippen MR) is 168 cm³/mol. The molecule has 0 saturated carbocycles. The van der Waals surface area contributed by atoms with Crippen LogP contribution in [-0.4, -0.2) is 51.2 Å². The molecule has 0 fully saturated rings. The molecule has 0 aliphatic carbocycles. The third-order valence-corrected chi connectivity index (χ3v) is 6.68. The van der Waals surface area contributed by atoms with Crippen molar-refractivity contribution >= 4 is 29.3 Å². The van der Waals surface area contributed by atoms with E-state index in [2.05, 4.69) is 0 Å². The van der Waals surface area contributed by atoms with Crippen molar-refractivity contribution in [1.82, 2.24) is 0 Å². The van der Waals surface area contributed by atoms with Gasteiger partial charge >= 0.3 is 17.9 Å². The number of carboxylic acids is 2. The number of esters is 1. The molecule has 16 nitrogen and oxygen atoms in total. The molecule has 0 radical (unpaired) electrons. The van der Waals surface area contributed by atoms with Crippen molar-refractivity contribution < 1.29 is 58.4 Å². The van der Waals surface area contributed by atoms with Gasteiger partial charge in [-0.05, 0) is 60.7 Å². The van der Waals surface area contributed by atoms with E-state index in [-0.39, 0.29) is 48.1 Å². The van der Waals surface area contributed by atoms with Crippen LogP contribution in [0, 0.1) is 25.6 Å². The highest BCUT2D eigenvalue weighted by Crippen LogP contribution is 2.26. The Morgan fingerprint density at radius 3 is 1.63 bits per heavy atom. The summed E-state index contributed by atoms with van der Waals surface area (Å²) in [7, 11) is 0. The fraction of sp³-hybridized carbons (Fsp3) is 0.182. The summed E-state index contributed by atoms with van der Waals surface area (Å²) in [6.07, 6.45) is 0. The van der Waals surface area contributed by atoms with Crippen LogP contribution < -0.4 is 19.1 Å². The molecular formula is C33H28N2O14. The first-order valence-corrected chi connectivity index (χ1v) is 14.2. The van der Waals surface area contributed by atoms with Gasteiger partial charge in [-0.25, -0.2) is 14.4 Å².